The maximum atomic E-state index is 5.56. The van der Waals surface area contributed by atoms with Crippen LogP contribution in [-0.2, 0) is 4.74 Å². The fraction of sp³-hybridized carbons (Fsp3) is 0.393. The molecule has 0 amide bonds. The molecule has 2 aromatic carbocycles. The molecule has 3 unspecified atom stereocenters. The van der Waals surface area contributed by atoms with E-state index < -0.39 is 7.92 Å². The van der Waals surface area contributed by atoms with Crippen LogP contribution in [0.25, 0.3) is 0 Å². The molecule has 1 N–H and O–H groups in total. The van der Waals surface area contributed by atoms with E-state index in [2.05, 4.69) is 86.0 Å². The van der Waals surface area contributed by atoms with E-state index in [-0.39, 0.29) is 0 Å². The smallest absolute Gasteiger partial charge is 0.135 e. The van der Waals surface area contributed by atoms with Gasteiger partial charge in [0, 0.05) is 30.5 Å². The van der Waals surface area contributed by atoms with Gasteiger partial charge in [-0.3, -0.25) is 0 Å². The van der Waals surface area contributed by atoms with Gasteiger partial charge in [0.2, 0.25) is 0 Å². The van der Waals surface area contributed by atoms with Gasteiger partial charge in [-0.2, -0.15) is 0 Å². The number of ether oxygens (including phenoxy) is 1. The van der Waals surface area contributed by atoms with E-state index in [0.29, 0.717) is 11.7 Å². The largest absolute Gasteiger partial charge is 0.378 e. The van der Waals surface area contributed by atoms with Crippen LogP contribution in [0.4, 0.5) is 0 Å². The van der Waals surface area contributed by atoms with Gasteiger partial charge in [0.05, 0.1) is 0 Å². The van der Waals surface area contributed by atoms with Crippen LogP contribution in [0.1, 0.15) is 32.6 Å². The lowest BCUT2D eigenvalue weighted by atomic mass is 10.1. The van der Waals surface area contributed by atoms with Gasteiger partial charge in [-0.05, 0) is 43.2 Å². The Hall–Kier alpha value is -1.71. The van der Waals surface area contributed by atoms with Crippen LogP contribution in [0.5, 0.6) is 0 Å². The van der Waals surface area contributed by atoms with Crippen molar-refractivity contribution < 1.29 is 9.75 Å². The highest BCUT2D eigenvalue weighted by atomic mass is 32.2. The predicted octanol–water partition coefficient (Wildman–Crippen LogP) is 4.52. The fourth-order valence-corrected chi connectivity index (χ4v) is 8.51. The molecule has 0 saturated carbocycles. The van der Waals surface area contributed by atoms with Crippen molar-refractivity contribution in [2.24, 2.45) is 5.10 Å². The Kier molecular flexibility index (Phi) is 8.97. The summed E-state index contributed by atoms with van der Waals surface area (Å²) in [6.07, 6.45) is 11.3. The molecular weight excluding hydrogens is 443 g/mol. The van der Waals surface area contributed by atoms with Crippen LogP contribution in [0.3, 0.4) is 0 Å². The third-order valence-electron chi connectivity index (χ3n) is 6.59. The van der Waals surface area contributed by atoms with Crippen molar-refractivity contribution in [2.45, 2.75) is 44.3 Å². The first-order valence-electron chi connectivity index (χ1n) is 12.0. The summed E-state index contributed by atoms with van der Waals surface area (Å²) in [5, 5.41) is 9.77. The maximum Gasteiger partial charge on any atom is 0.135 e. The van der Waals surface area contributed by atoms with Crippen LogP contribution in [0, 0.1) is 0 Å². The number of nitrogens with zero attached hydrogens (tertiary/aromatic N) is 1. The van der Waals surface area contributed by atoms with Crippen LogP contribution in [0.2, 0.25) is 0 Å². The first-order valence-corrected chi connectivity index (χ1v) is 14.7. The molecule has 5 heteroatoms. The number of hydrogen-bond acceptors (Lipinski definition) is 3. The molecule has 3 nitrogen and oxygen atoms in total. The van der Waals surface area contributed by atoms with E-state index >= 15 is 0 Å². The molecule has 1 aliphatic heterocycles. The Morgan fingerprint density at radius 2 is 1.79 bits per heavy atom. The minimum absolute atomic E-state index is 0.373. The van der Waals surface area contributed by atoms with Crippen LogP contribution in [0.15, 0.2) is 88.4 Å². The number of allylic oxidation sites excluding steroid dienone is 3. The van der Waals surface area contributed by atoms with Crippen LogP contribution >= 0.6 is 19.7 Å². The van der Waals surface area contributed by atoms with Gasteiger partial charge in [0.25, 0.3) is 0 Å². The number of nitrogens with one attached hydrogen (secondary N) is 1. The number of thioether (sulfide) groups is 1. The molecule has 3 atom stereocenters. The zero-order valence-electron chi connectivity index (χ0n) is 20.0. The summed E-state index contributed by atoms with van der Waals surface area (Å²) >= 11 is 1.85. The molecule has 0 radical (unpaired) electrons. The molecule has 0 spiro atoms. The predicted molar refractivity (Wildman–Crippen MR) is 146 cm³/mol. The summed E-state index contributed by atoms with van der Waals surface area (Å²) in [5.74, 6) is 0. The Balaban J connectivity index is 1.83. The average molecular weight is 480 g/mol. The first kappa shape index (κ1) is 24.4. The lowest BCUT2D eigenvalue weighted by Gasteiger charge is -2.30. The van der Waals surface area contributed by atoms with E-state index in [1.54, 1.807) is 0 Å². The maximum absolute atomic E-state index is 5.56. The number of rotatable bonds is 10. The lowest BCUT2D eigenvalue weighted by Crippen LogP contribution is -3.10. The summed E-state index contributed by atoms with van der Waals surface area (Å²) in [7, 11) is 1.23. The molecule has 1 saturated heterocycles. The van der Waals surface area contributed by atoms with Crippen molar-refractivity contribution in [3.63, 3.8) is 0 Å². The second kappa shape index (κ2) is 12.1. The average Bonchev–Trinajstić information content (AvgIpc) is 3.52. The minimum Gasteiger partial charge on any atom is -0.378 e. The zero-order chi connectivity index (χ0) is 23.0. The van der Waals surface area contributed by atoms with Gasteiger partial charge in [-0.15, -0.1) is 11.8 Å². The van der Waals surface area contributed by atoms with Crippen LogP contribution < -0.4 is 15.6 Å². The van der Waals surface area contributed by atoms with E-state index in [1.165, 1.54) is 44.6 Å². The Labute approximate surface area is 204 Å². The lowest BCUT2D eigenvalue weighted by molar-refractivity contribution is -0.919. The van der Waals surface area contributed by atoms with Gasteiger partial charge >= 0.3 is 0 Å². The number of methoxy groups -OCH3 is 1. The minimum atomic E-state index is -0.583. The summed E-state index contributed by atoms with van der Waals surface area (Å²) in [5.41, 5.74) is 3.13. The van der Waals surface area contributed by atoms with Gasteiger partial charge in [0.15, 0.2) is 0 Å². The normalized spacial score (nSPS) is 21.9. The van der Waals surface area contributed by atoms with Crippen molar-refractivity contribution in [3.8, 4) is 0 Å². The second-order valence-corrected chi connectivity index (χ2v) is 11.9. The van der Waals surface area contributed by atoms with E-state index in [1.807, 2.05) is 18.9 Å². The number of quaternary nitrogens is 1. The summed E-state index contributed by atoms with van der Waals surface area (Å²) < 4.78 is 5.56. The molecule has 4 rings (SSSR count). The Morgan fingerprint density at radius 3 is 2.36 bits per heavy atom. The molecule has 174 valence electrons. The quantitative estimate of drug-likeness (QED) is 0.400. The van der Waals surface area contributed by atoms with E-state index in [9.17, 15) is 0 Å². The third kappa shape index (κ3) is 5.69. The van der Waals surface area contributed by atoms with Gasteiger partial charge < -0.3 is 4.74 Å². The SMILES string of the molecule is CCC(/C(=N\[NH+]1CCCC1COC)C1=C(SC)C=CC1)P(c1ccccc1)c1ccccc1. The van der Waals surface area contributed by atoms with E-state index in [0.717, 1.165) is 26.0 Å². The summed E-state index contributed by atoms with van der Waals surface area (Å²) in [6, 6.07) is 22.7. The molecule has 1 fully saturated rings. The topological polar surface area (TPSA) is 26.0 Å². The van der Waals surface area contributed by atoms with E-state index in [4.69, 9.17) is 9.84 Å². The molecule has 1 heterocycles. The highest BCUT2D eigenvalue weighted by Crippen LogP contribution is 2.44. The molecule has 2 aromatic rings. The molecule has 33 heavy (non-hydrogen) atoms. The number of hydrogen-bond donors (Lipinski definition) is 1. The fourth-order valence-electron chi connectivity index (χ4n) is 5.02. The molecule has 2 aliphatic rings. The monoisotopic (exact) mass is 479 g/mol. The summed E-state index contributed by atoms with van der Waals surface area (Å²) in [6.45, 7) is 4.22. The Morgan fingerprint density at radius 1 is 1.12 bits per heavy atom. The molecule has 0 aromatic heterocycles. The highest BCUT2D eigenvalue weighted by Gasteiger charge is 2.35. The van der Waals surface area contributed by atoms with Crippen molar-refractivity contribution in [1.29, 1.82) is 0 Å². The zero-order valence-corrected chi connectivity index (χ0v) is 21.7. The van der Waals surface area contributed by atoms with Crippen molar-refractivity contribution in [3.05, 3.63) is 83.3 Å². The van der Waals surface area contributed by atoms with Crippen molar-refractivity contribution in [2.75, 3.05) is 26.5 Å². The molecule has 0 bridgehead atoms. The second-order valence-electron chi connectivity index (χ2n) is 8.65. The number of benzene rings is 2. The van der Waals surface area contributed by atoms with Gasteiger partial charge in [-0.25, -0.2) is 5.01 Å². The first-order chi connectivity index (χ1) is 16.3. The molecular formula is C28H36N2OPS+. The standard InChI is InChI=1S/C28H35N2OPS/c1-4-26(32(23-14-7-5-8-15-23)24-16-9-6-10-17-24)28(25-18-11-19-27(25)33-3)29-30-20-12-13-22(30)21-31-2/h5-11,14-17,19,22,26H,4,12-13,18,20-21H2,1-3H3/p+1/b29-28-. The summed E-state index contributed by atoms with van der Waals surface area (Å²) in [4.78, 5) is 1.38. The van der Waals surface area contributed by atoms with Crippen LogP contribution in [-0.4, -0.2) is 43.9 Å². The van der Waals surface area contributed by atoms with Gasteiger partial charge in [-0.1, -0.05) is 84.8 Å². The van der Waals surface area contributed by atoms with Gasteiger partial charge in [0.1, 0.15) is 24.9 Å². The highest BCUT2D eigenvalue weighted by molar-refractivity contribution is 8.02. The third-order valence-corrected chi connectivity index (χ3v) is 10.4. The molecule has 1 aliphatic carbocycles. The van der Waals surface area contributed by atoms with Crippen molar-refractivity contribution >= 4 is 36.0 Å². The van der Waals surface area contributed by atoms with Crippen molar-refractivity contribution in [1.82, 2.24) is 0 Å². The Bertz CT molecular complexity index is 950.